The first-order valence-corrected chi connectivity index (χ1v) is 4.76. The summed E-state index contributed by atoms with van der Waals surface area (Å²) < 4.78 is 0. The number of hydrogen-bond donors (Lipinski definition) is 0. The molecule has 58 valence electrons. The van der Waals surface area contributed by atoms with E-state index < -0.39 is 0 Å². The highest BCUT2D eigenvalue weighted by atomic mass is 14.5. The lowest BCUT2D eigenvalue weighted by molar-refractivity contribution is 0.247. The third-order valence-electron chi connectivity index (χ3n) is 4.05. The monoisotopic (exact) mass is 138 g/mol. The predicted octanol–water partition coefficient (Wildman–Crippen LogP) is 3.22. The first kappa shape index (κ1) is 6.69. The highest BCUT2D eigenvalue weighted by molar-refractivity contribution is 4.97. The third-order valence-corrected chi connectivity index (χ3v) is 4.05. The van der Waals surface area contributed by atoms with E-state index in [0.717, 1.165) is 17.3 Å². The summed E-state index contributed by atoms with van der Waals surface area (Å²) in [5, 5.41) is 0. The largest absolute Gasteiger partial charge is 0.0649 e. The maximum Gasteiger partial charge on any atom is -0.0295 e. The lowest BCUT2D eigenvalue weighted by atomic mass is 9.79. The van der Waals surface area contributed by atoms with Crippen molar-refractivity contribution in [1.82, 2.24) is 0 Å². The fourth-order valence-corrected chi connectivity index (χ4v) is 3.24. The molecule has 2 bridgehead atoms. The van der Waals surface area contributed by atoms with Gasteiger partial charge in [0.25, 0.3) is 0 Å². The maximum atomic E-state index is 2.45. The second kappa shape index (κ2) is 1.99. The molecular weight excluding hydrogens is 120 g/mol. The summed E-state index contributed by atoms with van der Waals surface area (Å²) in [7, 11) is 0. The molecule has 2 saturated carbocycles. The minimum absolute atomic E-state index is 0.823. The highest BCUT2D eigenvalue weighted by Crippen LogP contribution is 2.58. The first-order valence-electron chi connectivity index (χ1n) is 4.76. The second-order valence-electron chi connectivity index (χ2n) is 4.54. The van der Waals surface area contributed by atoms with Crippen molar-refractivity contribution in [2.75, 3.05) is 0 Å². The Bertz CT molecular complexity index is 135. The van der Waals surface area contributed by atoms with Crippen LogP contribution in [0.25, 0.3) is 0 Å². The minimum atomic E-state index is 0.823. The maximum absolute atomic E-state index is 2.45. The number of fused-ring (bicyclic) bond motifs is 2. The van der Waals surface area contributed by atoms with Crippen molar-refractivity contribution in [3.8, 4) is 0 Å². The molecule has 0 spiro atoms. The molecule has 0 heterocycles. The van der Waals surface area contributed by atoms with Crippen molar-refractivity contribution in [1.29, 1.82) is 0 Å². The van der Waals surface area contributed by atoms with Crippen LogP contribution in [0.5, 0.6) is 0 Å². The van der Waals surface area contributed by atoms with Gasteiger partial charge in [-0.2, -0.15) is 0 Å². The molecule has 2 aliphatic rings. The summed E-state index contributed by atoms with van der Waals surface area (Å²) >= 11 is 0. The minimum Gasteiger partial charge on any atom is -0.0649 e. The lowest BCUT2D eigenvalue weighted by Crippen LogP contribution is -2.15. The van der Waals surface area contributed by atoms with Gasteiger partial charge in [-0.3, -0.25) is 0 Å². The third kappa shape index (κ3) is 0.741. The Balaban J connectivity index is 2.14. The fraction of sp³-hybridized carbons (Fsp3) is 1.00. The molecule has 0 aliphatic heterocycles. The molecule has 2 aliphatic carbocycles. The molecule has 0 aromatic heterocycles. The van der Waals surface area contributed by atoms with Crippen molar-refractivity contribution < 1.29 is 0 Å². The van der Waals surface area contributed by atoms with Gasteiger partial charge >= 0.3 is 0 Å². The quantitative estimate of drug-likeness (QED) is 0.522. The van der Waals surface area contributed by atoms with Crippen molar-refractivity contribution in [3.63, 3.8) is 0 Å². The molecule has 0 radical (unpaired) electrons. The van der Waals surface area contributed by atoms with Crippen LogP contribution in [-0.4, -0.2) is 0 Å². The zero-order valence-electron chi connectivity index (χ0n) is 7.19. The first-order chi connectivity index (χ1) is 4.76. The van der Waals surface area contributed by atoms with Crippen molar-refractivity contribution in [2.24, 2.45) is 17.3 Å². The van der Waals surface area contributed by atoms with Crippen LogP contribution in [0.15, 0.2) is 0 Å². The zero-order valence-corrected chi connectivity index (χ0v) is 7.19. The molecule has 0 aromatic rings. The second-order valence-corrected chi connectivity index (χ2v) is 4.54. The molecule has 2 rings (SSSR count). The van der Waals surface area contributed by atoms with Gasteiger partial charge in [0, 0.05) is 0 Å². The van der Waals surface area contributed by atoms with Gasteiger partial charge in [0.15, 0.2) is 0 Å². The molecule has 0 aromatic carbocycles. The van der Waals surface area contributed by atoms with Crippen molar-refractivity contribution in [2.45, 2.75) is 46.0 Å². The lowest BCUT2D eigenvalue weighted by Gasteiger charge is -2.26. The van der Waals surface area contributed by atoms with Crippen LogP contribution in [0.3, 0.4) is 0 Å². The SMILES string of the molecule is CC[C@@]12CC[C@H](C1)[C@@H](C)C2. The average molecular weight is 138 g/mol. The van der Waals surface area contributed by atoms with E-state index in [0.29, 0.717) is 0 Å². The van der Waals surface area contributed by atoms with Crippen LogP contribution in [-0.2, 0) is 0 Å². The van der Waals surface area contributed by atoms with Crippen LogP contribution in [0.4, 0.5) is 0 Å². The van der Waals surface area contributed by atoms with Gasteiger partial charge in [0.2, 0.25) is 0 Å². The standard InChI is InChI=1S/C10H18/c1-3-10-5-4-9(7-10)8(2)6-10/h8-9H,3-7H2,1-2H3/t8-,9+,10-/m0/s1. The molecule has 0 nitrogen and oxygen atoms in total. The normalized spacial score (nSPS) is 52.2. The van der Waals surface area contributed by atoms with E-state index in [1.165, 1.54) is 19.3 Å². The summed E-state index contributed by atoms with van der Waals surface area (Å²) in [5.74, 6) is 2.16. The van der Waals surface area contributed by atoms with Crippen LogP contribution in [0.1, 0.15) is 46.0 Å². The molecule has 0 N–H and O–H groups in total. The Hall–Kier alpha value is 0. The van der Waals surface area contributed by atoms with Gasteiger partial charge in [-0.25, -0.2) is 0 Å². The van der Waals surface area contributed by atoms with Gasteiger partial charge in [-0.15, -0.1) is 0 Å². The Morgan fingerprint density at radius 1 is 1.40 bits per heavy atom. The highest BCUT2D eigenvalue weighted by Gasteiger charge is 2.47. The fourth-order valence-electron chi connectivity index (χ4n) is 3.24. The topological polar surface area (TPSA) is 0 Å². The predicted molar refractivity (Wildman–Crippen MR) is 43.8 cm³/mol. The molecule has 0 amide bonds. The van der Waals surface area contributed by atoms with Gasteiger partial charge < -0.3 is 0 Å². The Morgan fingerprint density at radius 2 is 2.20 bits per heavy atom. The molecule has 0 heteroatoms. The van der Waals surface area contributed by atoms with Crippen molar-refractivity contribution in [3.05, 3.63) is 0 Å². The van der Waals surface area contributed by atoms with Gasteiger partial charge in [0.1, 0.15) is 0 Å². The summed E-state index contributed by atoms with van der Waals surface area (Å²) in [4.78, 5) is 0. The molecule has 10 heavy (non-hydrogen) atoms. The van der Waals surface area contributed by atoms with E-state index in [2.05, 4.69) is 13.8 Å². The Labute approximate surface area is 64.0 Å². The average Bonchev–Trinajstić information content (AvgIpc) is 2.45. The van der Waals surface area contributed by atoms with E-state index in [9.17, 15) is 0 Å². The van der Waals surface area contributed by atoms with E-state index in [4.69, 9.17) is 0 Å². The molecular formula is C10H18. The smallest absolute Gasteiger partial charge is 0.0295 e. The summed E-state index contributed by atoms with van der Waals surface area (Å²) in [6.45, 7) is 4.82. The molecule has 3 atom stereocenters. The summed E-state index contributed by atoms with van der Waals surface area (Å²) in [6.07, 6.45) is 7.61. The van der Waals surface area contributed by atoms with E-state index in [1.807, 2.05) is 0 Å². The van der Waals surface area contributed by atoms with Gasteiger partial charge in [-0.05, 0) is 42.9 Å². The molecule has 2 fully saturated rings. The molecule has 0 unspecified atom stereocenters. The van der Waals surface area contributed by atoms with Crippen LogP contribution < -0.4 is 0 Å². The van der Waals surface area contributed by atoms with Gasteiger partial charge in [0.05, 0.1) is 0 Å². The Kier molecular flexibility index (Phi) is 1.33. The Morgan fingerprint density at radius 3 is 2.50 bits per heavy atom. The van der Waals surface area contributed by atoms with E-state index >= 15 is 0 Å². The van der Waals surface area contributed by atoms with Crippen LogP contribution >= 0.6 is 0 Å². The number of hydrogen-bond acceptors (Lipinski definition) is 0. The van der Waals surface area contributed by atoms with E-state index in [1.54, 1.807) is 12.8 Å². The van der Waals surface area contributed by atoms with Crippen LogP contribution in [0, 0.1) is 17.3 Å². The zero-order chi connectivity index (χ0) is 7.19. The van der Waals surface area contributed by atoms with Crippen LogP contribution in [0.2, 0.25) is 0 Å². The summed E-state index contributed by atoms with van der Waals surface area (Å²) in [5.41, 5.74) is 0.823. The van der Waals surface area contributed by atoms with Crippen molar-refractivity contribution >= 4 is 0 Å². The summed E-state index contributed by atoms with van der Waals surface area (Å²) in [6, 6.07) is 0. The van der Waals surface area contributed by atoms with Gasteiger partial charge in [-0.1, -0.05) is 20.3 Å². The number of rotatable bonds is 1. The van der Waals surface area contributed by atoms with E-state index in [-0.39, 0.29) is 0 Å². The molecule has 0 saturated heterocycles.